The molecule has 0 N–H and O–H groups in total. The monoisotopic (exact) mass is 200 g/mol. The standard InChI is InChI=1S/C8H3F3N2O/c9-6-2-13-7(8(10)11)5(3-14)4(6)1-12/h2-3,8H. The van der Waals surface area contributed by atoms with Crippen molar-refractivity contribution in [3.63, 3.8) is 0 Å². The number of hydrogen-bond acceptors (Lipinski definition) is 3. The Hall–Kier alpha value is -1.90. The maximum absolute atomic E-state index is 12.8. The third-order valence-electron chi connectivity index (χ3n) is 1.54. The number of rotatable bonds is 2. The van der Waals surface area contributed by atoms with Gasteiger partial charge in [-0.05, 0) is 0 Å². The summed E-state index contributed by atoms with van der Waals surface area (Å²) >= 11 is 0. The summed E-state index contributed by atoms with van der Waals surface area (Å²) in [4.78, 5) is 13.4. The second-order valence-electron chi connectivity index (χ2n) is 2.31. The lowest BCUT2D eigenvalue weighted by molar-refractivity contribution is 0.110. The number of pyridine rings is 1. The predicted molar refractivity (Wildman–Crippen MR) is 39.3 cm³/mol. The lowest BCUT2D eigenvalue weighted by Crippen LogP contribution is -2.03. The van der Waals surface area contributed by atoms with E-state index in [-0.39, 0.29) is 6.29 Å². The van der Waals surface area contributed by atoms with E-state index in [1.54, 1.807) is 0 Å². The molecule has 1 heterocycles. The molecular weight excluding hydrogens is 197 g/mol. The van der Waals surface area contributed by atoms with Gasteiger partial charge in [0.1, 0.15) is 17.3 Å². The molecule has 0 radical (unpaired) electrons. The van der Waals surface area contributed by atoms with E-state index in [2.05, 4.69) is 4.98 Å². The highest BCUT2D eigenvalue weighted by Crippen LogP contribution is 2.22. The van der Waals surface area contributed by atoms with Crippen molar-refractivity contribution in [3.8, 4) is 6.07 Å². The van der Waals surface area contributed by atoms with Crippen molar-refractivity contribution in [2.45, 2.75) is 6.43 Å². The number of halogens is 3. The smallest absolute Gasteiger partial charge is 0.281 e. The number of hydrogen-bond donors (Lipinski definition) is 0. The summed E-state index contributed by atoms with van der Waals surface area (Å²) in [7, 11) is 0. The zero-order valence-electron chi connectivity index (χ0n) is 6.67. The van der Waals surface area contributed by atoms with Crippen molar-refractivity contribution in [1.29, 1.82) is 5.26 Å². The Kier molecular flexibility index (Phi) is 2.82. The highest BCUT2D eigenvalue weighted by molar-refractivity contribution is 5.80. The Morgan fingerprint density at radius 2 is 2.21 bits per heavy atom. The van der Waals surface area contributed by atoms with E-state index < -0.39 is 29.1 Å². The van der Waals surface area contributed by atoms with Gasteiger partial charge in [0.05, 0.1) is 11.8 Å². The molecule has 1 aromatic rings. The summed E-state index contributed by atoms with van der Waals surface area (Å²) in [5, 5.41) is 8.42. The number of nitrogens with zero attached hydrogens (tertiary/aromatic N) is 2. The van der Waals surface area contributed by atoms with Crippen LogP contribution in [0.25, 0.3) is 0 Å². The Morgan fingerprint density at radius 1 is 1.57 bits per heavy atom. The maximum Gasteiger partial charge on any atom is 0.281 e. The third kappa shape index (κ3) is 1.57. The maximum atomic E-state index is 12.8. The molecule has 72 valence electrons. The number of nitriles is 1. The predicted octanol–water partition coefficient (Wildman–Crippen LogP) is 1.84. The molecule has 0 saturated heterocycles. The van der Waals surface area contributed by atoms with Gasteiger partial charge in [-0.1, -0.05) is 0 Å². The van der Waals surface area contributed by atoms with Crippen LogP contribution in [-0.4, -0.2) is 11.3 Å². The van der Waals surface area contributed by atoms with Crippen molar-refractivity contribution >= 4 is 6.29 Å². The highest BCUT2D eigenvalue weighted by atomic mass is 19.3. The Morgan fingerprint density at radius 3 is 2.64 bits per heavy atom. The van der Waals surface area contributed by atoms with Crippen molar-refractivity contribution in [2.24, 2.45) is 0 Å². The third-order valence-corrected chi connectivity index (χ3v) is 1.54. The molecule has 0 fully saturated rings. The van der Waals surface area contributed by atoms with Crippen LogP contribution in [0, 0.1) is 17.1 Å². The minimum atomic E-state index is -3.01. The topological polar surface area (TPSA) is 53.8 Å². The molecule has 0 bridgehead atoms. The Labute approximate surface area is 76.8 Å². The summed E-state index contributed by atoms with van der Waals surface area (Å²) in [5.74, 6) is -1.08. The first-order chi connectivity index (χ1) is 6.61. The number of alkyl halides is 2. The van der Waals surface area contributed by atoms with Gasteiger partial charge in [-0.2, -0.15) is 5.26 Å². The average molecular weight is 200 g/mol. The molecule has 0 unspecified atom stereocenters. The van der Waals surface area contributed by atoms with Crippen LogP contribution in [0.5, 0.6) is 0 Å². The Balaban J connectivity index is 3.50. The first-order valence-electron chi connectivity index (χ1n) is 3.43. The summed E-state index contributed by atoms with van der Waals surface area (Å²) in [6.45, 7) is 0. The van der Waals surface area contributed by atoms with E-state index in [0.717, 1.165) is 0 Å². The van der Waals surface area contributed by atoms with Gasteiger partial charge in [0.25, 0.3) is 6.43 Å². The fourth-order valence-corrected chi connectivity index (χ4v) is 0.924. The van der Waals surface area contributed by atoms with Crippen molar-refractivity contribution in [3.05, 3.63) is 28.8 Å². The van der Waals surface area contributed by atoms with Gasteiger partial charge < -0.3 is 0 Å². The van der Waals surface area contributed by atoms with E-state index in [9.17, 15) is 18.0 Å². The van der Waals surface area contributed by atoms with Crippen LogP contribution in [-0.2, 0) is 0 Å². The van der Waals surface area contributed by atoms with Crippen LogP contribution in [0.3, 0.4) is 0 Å². The molecule has 0 spiro atoms. The zero-order chi connectivity index (χ0) is 10.7. The molecule has 0 aliphatic rings. The van der Waals surface area contributed by atoms with Gasteiger partial charge in [0, 0.05) is 0 Å². The molecule has 1 rings (SSSR count). The fraction of sp³-hybridized carbons (Fsp3) is 0.125. The van der Waals surface area contributed by atoms with Crippen molar-refractivity contribution in [2.75, 3.05) is 0 Å². The molecule has 6 heteroatoms. The van der Waals surface area contributed by atoms with E-state index in [1.165, 1.54) is 6.07 Å². The molecule has 1 aromatic heterocycles. The second kappa shape index (κ2) is 3.87. The largest absolute Gasteiger partial charge is 0.298 e. The minimum Gasteiger partial charge on any atom is -0.298 e. The van der Waals surface area contributed by atoms with Crippen LogP contribution >= 0.6 is 0 Å². The van der Waals surface area contributed by atoms with Crippen LogP contribution < -0.4 is 0 Å². The number of carbonyl (C=O) groups excluding carboxylic acids is 1. The lowest BCUT2D eigenvalue weighted by Gasteiger charge is -2.03. The highest BCUT2D eigenvalue weighted by Gasteiger charge is 2.20. The summed E-state index contributed by atoms with van der Waals surface area (Å²) in [6.07, 6.45) is -2.52. The van der Waals surface area contributed by atoms with Gasteiger partial charge in [0.15, 0.2) is 12.1 Å². The van der Waals surface area contributed by atoms with Crippen molar-refractivity contribution in [1.82, 2.24) is 4.98 Å². The molecule has 14 heavy (non-hydrogen) atoms. The Bertz CT molecular complexity index is 412. The molecule has 0 atom stereocenters. The SMILES string of the molecule is N#Cc1c(F)cnc(C(F)F)c1C=O. The van der Waals surface area contributed by atoms with E-state index >= 15 is 0 Å². The second-order valence-corrected chi connectivity index (χ2v) is 2.31. The molecule has 0 amide bonds. The van der Waals surface area contributed by atoms with Gasteiger partial charge in [0.2, 0.25) is 0 Å². The van der Waals surface area contributed by atoms with Gasteiger partial charge in [-0.3, -0.25) is 9.78 Å². The lowest BCUT2D eigenvalue weighted by atomic mass is 10.1. The summed E-state index contributed by atoms with van der Waals surface area (Å²) in [5.41, 5.74) is -2.27. The minimum absolute atomic E-state index is 0.00384. The van der Waals surface area contributed by atoms with Gasteiger partial charge >= 0.3 is 0 Å². The average Bonchev–Trinajstić information content (AvgIpc) is 2.16. The molecule has 0 aromatic carbocycles. The number of aldehydes is 1. The summed E-state index contributed by atoms with van der Waals surface area (Å²) < 4.78 is 37.2. The van der Waals surface area contributed by atoms with Crippen LogP contribution in [0.2, 0.25) is 0 Å². The zero-order valence-corrected chi connectivity index (χ0v) is 6.67. The van der Waals surface area contributed by atoms with E-state index in [1.807, 2.05) is 0 Å². The van der Waals surface area contributed by atoms with Crippen LogP contribution in [0.15, 0.2) is 6.20 Å². The number of aromatic nitrogens is 1. The quantitative estimate of drug-likeness (QED) is 0.684. The van der Waals surface area contributed by atoms with Crippen molar-refractivity contribution < 1.29 is 18.0 Å². The molecule has 0 aliphatic carbocycles. The van der Waals surface area contributed by atoms with E-state index in [0.29, 0.717) is 6.20 Å². The van der Waals surface area contributed by atoms with Gasteiger partial charge in [-0.15, -0.1) is 0 Å². The molecular formula is C8H3F3N2O. The normalized spacial score (nSPS) is 9.93. The van der Waals surface area contributed by atoms with E-state index in [4.69, 9.17) is 5.26 Å². The van der Waals surface area contributed by atoms with Crippen LogP contribution in [0.1, 0.15) is 28.0 Å². The number of carbonyl (C=O) groups is 1. The summed E-state index contributed by atoms with van der Waals surface area (Å²) in [6, 6.07) is 1.33. The molecule has 0 saturated carbocycles. The first kappa shape index (κ1) is 10.2. The van der Waals surface area contributed by atoms with Gasteiger partial charge in [-0.25, -0.2) is 13.2 Å². The molecule has 3 nitrogen and oxygen atoms in total. The first-order valence-corrected chi connectivity index (χ1v) is 3.43. The van der Waals surface area contributed by atoms with Crippen LogP contribution in [0.4, 0.5) is 13.2 Å². The fourth-order valence-electron chi connectivity index (χ4n) is 0.924. The molecule has 0 aliphatic heterocycles.